The molecule has 0 fully saturated rings. The molecule has 1 aromatic rings. The van der Waals surface area contributed by atoms with Gasteiger partial charge in [-0.05, 0) is 18.2 Å². The number of benzene rings is 1. The molecule has 102 valence electrons. The highest BCUT2D eigenvalue weighted by Gasteiger charge is 2.34. The van der Waals surface area contributed by atoms with Crippen LogP contribution in [0.25, 0.3) is 0 Å². The molecule has 0 bridgehead atoms. The maximum absolute atomic E-state index is 12.5. The minimum Gasteiger partial charge on any atom is -0.398 e. The summed E-state index contributed by atoms with van der Waals surface area (Å²) in [5.41, 5.74) is 3.28. The van der Waals surface area contributed by atoms with Crippen molar-refractivity contribution in [3.63, 3.8) is 0 Å². The second-order valence-corrected chi connectivity index (χ2v) is 3.74. The predicted molar refractivity (Wildman–Crippen MR) is 55.2 cm³/mol. The number of hydrogen-bond donors (Lipinski definition) is 1. The Balaban J connectivity index is 3.06. The lowest BCUT2D eigenvalue weighted by Gasteiger charge is -2.22. The van der Waals surface area contributed by atoms with Crippen LogP contribution in [0.3, 0.4) is 0 Å². The van der Waals surface area contributed by atoms with Gasteiger partial charge in [-0.3, -0.25) is 0 Å². The number of nitrogens with zero attached hydrogens (tertiary/aromatic N) is 1. The summed E-state index contributed by atoms with van der Waals surface area (Å²) in [4.78, 5) is 0.675. The fourth-order valence-electron chi connectivity index (χ4n) is 1.39. The van der Waals surface area contributed by atoms with E-state index in [0.29, 0.717) is 11.0 Å². The van der Waals surface area contributed by atoms with Gasteiger partial charge < -0.3 is 10.6 Å². The highest BCUT2D eigenvalue weighted by atomic mass is 19.4. The molecule has 0 atom stereocenters. The highest BCUT2D eigenvalue weighted by Crippen LogP contribution is 2.36. The Morgan fingerprint density at radius 1 is 1.11 bits per heavy atom. The van der Waals surface area contributed by atoms with Gasteiger partial charge in [0.15, 0.2) is 0 Å². The zero-order chi connectivity index (χ0) is 14.1. The maximum atomic E-state index is 12.5. The lowest BCUT2D eigenvalue weighted by atomic mass is 10.1. The van der Waals surface area contributed by atoms with E-state index in [0.717, 1.165) is 19.2 Å². The molecule has 0 unspecified atom stereocenters. The van der Waals surface area contributed by atoms with Crippen molar-refractivity contribution in [2.24, 2.45) is 0 Å². The van der Waals surface area contributed by atoms with E-state index in [1.807, 2.05) is 0 Å². The standard InChI is InChI=1S/C10H10F6N2/c1-18(5-9(11,12)13)6-2-3-8(17)7(4-6)10(14,15)16/h2-4H,5,17H2,1H3. The van der Waals surface area contributed by atoms with Gasteiger partial charge in [0.25, 0.3) is 0 Å². The van der Waals surface area contributed by atoms with Gasteiger partial charge in [-0.15, -0.1) is 0 Å². The average molecular weight is 272 g/mol. The summed E-state index contributed by atoms with van der Waals surface area (Å²) < 4.78 is 73.9. The van der Waals surface area contributed by atoms with E-state index in [1.165, 1.54) is 0 Å². The molecule has 2 N–H and O–H groups in total. The molecule has 0 aliphatic carbocycles. The van der Waals surface area contributed by atoms with Gasteiger partial charge >= 0.3 is 12.4 Å². The van der Waals surface area contributed by atoms with Crippen LogP contribution in [0.4, 0.5) is 37.7 Å². The zero-order valence-electron chi connectivity index (χ0n) is 9.23. The summed E-state index contributed by atoms with van der Waals surface area (Å²) >= 11 is 0. The first-order chi connectivity index (χ1) is 8.00. The normalized spacial score (nSPS) is 12.6. The molecule has 18 heavy (non-hydrogen) atoms. The molecule has 0 aliphatic heterocycles. The molecule has 0 saturated carbocycles. The lowest BCUT2D eigenvalue weighted by Crippen LogP contribution is -2.31. The third kappa shape index (κ3) is 3.71. The largest absolute Gasteiger partial charge is 0.418 e. The van der Waals surface area contributed by atoms with Crippen LogP contribution in [0.2, 0.25) is 0 Å². The monoisotopic (exact) mass is 272 g/mol. The fourth-order valence-corrected chi connectivity index (χ4v) is 1.39. The Bertz CT molecular complexity index is 423. The molecule has 1 aromatic carbocycles. The molecular formula is C10H10F6N2. The van der Waals surface area contributed by atoms with Crippen LogP contribution in [0, 0.1) is 0 Å². The van der Waals surface area contributed by atoms with Crippen molar-refractivity contribution in [1.82, 2.24) is 0 Å². The van der Waals surface area contributed by atoms with Crippen LogP contribution in [0.15, 0.2) is 18.2 Å². The molecule has 2 nitrogen and oxygen atoms in total. The van der Waals surface area contributed by atoms with Crippen molar-refractivity contribution in [1.29, 1.82) is 0 Å². The molecule has 0 spiro atoms. The Morgan fingerprint density at radius 3 is 2.11 bits per heavy atom. The quantitative estimate of drug-likeness (QED) is 0.661. The number of hydrogen-bond acceptors (Lipinski definition) is 2. The zero-order valence-corrected chi connectivity index (χ0v) is 9.23. The molecular weight excluding hydrogens is 262 g/mol. The smallest absolute Gasteiger partial charge is 0.398 e. The van der Waals surface area contributed by atoms with Crippen molar-refractivity contribution in [2.75, 3.05) is 24.2 Å². The summed E-state index contributed by atoms with van der Waals surface area (Å²) in [7, 11) is 1.05. The number of halogens is 6. The van der Waals surface area contributed by atoms with Gasteiger partial charge in [0.1, 0.15) is 6.54 Å². The van der Waals surface area contributed by atoms with E-state index in [4.69, 9.17) is 5.73 Å². The van der Waals surface area contributed by atoms with E-state index in [-0.39, 0.29) is 5.69 Å². The molecule has 0 heterocycles. The fraction of sp³-hybridized carbons (Fsp3) is 0.400. The first-order valence-electron chi connectivity index (χ1n) is 4.75. The van der Waals surface area contributed by atoms with Gasteiger partial charge in [-0.1, -0.05) is 0 Å². The van der Waals surface area contributed by atoms with Crippen LogP contribution in [0.1, 0.15) is 5.56 Å². The van der Waals surface area contributed by atoms with Crippen LogP contribution < -0.4 is 10.6 Å². The first-order valence-corrected chi connectivity index (χ1v) is 4.75. The van der Waals surface area contributed by atoms with E-state index in [1.54, 1.807) is 0 Å². The average Bonchev–Trinajstić information content (AvgIpc) is 2.13. The molecule has 0 radical (unpaired) electrons. The van der Waals surface area contributed by atoms with Gasteiger partial charge in [0.2, 0.25) is 0 Å². The molecule has 0 saturated heterocycles. The van der Waals surface area contributed by atoms with E-state index >= 15 is 0 Å². The number of nitrogen functional groups attached to an aromatic ring is 1. The number of anilines is 2. The molecule has 0 aromatic heterocycles. The minimum atomic E-state index is -4.70. The van der Waals surface area contributed by atoms with Gasteiger partial charge in [0.05, 0.1) is 5.56 Å². The predicted octanol–water partition coefficient (Wildman–Crippen LogP) is 3.29. The third-order valence-corrected chi connectivity index (χ3v) is 2.20. The van der Waals surface area contributed by atoms with Crippen LogP contribution in [-0.4, -0.2) is 19.8 Å². The third-order valence-electron chi connectivity index (χ3n) is 2.20. The minimum absolute atomic E-state index is 0.200. The summed E-state index contributed by atoms with van der Waals surface area (Å²) in [5, 5.41) is 0. The van der Waals surface area contributed by atoms with E-state index in [2.05, 4.69) is 0 Å². The van der Waals surface area contributed by atoms with Crippen molar-refractivity contribution < 1.29 is 26.3 Å². The number of rotatable bonds is 2. The van der Waals surface area contributed by atoms with E-state index in [9.17, 15) is 26.3 Å². The van der Waals surface area contributed by atoms with Crippen molar-refractivity contribution in [2.45, 2.75) is 12.4 Å². The Morgan fingerprint density at radius 2 is 1.67 bits per heavy atom. The Hall–Kier alpha value is -1.60. The first kappa shape index (κ1) is 14.5. The van der Waals surface area contributed by atoms with Gasteiger partial charge in [-0.25, -0.2) is 0 Å². The molecule has 0 amide bonds. The van der Waals surface area contributed by atoms with Crippen molar-refractivity contribution in [3.8, 4) is 0 Å². The Kier molecular flexibility index (Phi) is 3.68. The number of nitrogens with two attached hydrogens (primary N) is 1. The van der Waals surface area contributed by atoms with Crippen LogP contribution in [-0.2, 0) is 6.18 Å². The maximum Gasteiger partial charge on any atom is 0.418 e. The second kappa shape index (κ2) is 4.58. The highest BCUT2D eigenvalue weighted by molar-refractivity contribution is 5.59. The summed E-state index contributed by atoms with van der Waals surface area (Å²) in [5.74, 6) is 0. The summed E-state index contributed by atoms with van der Waals surface area (Å²) in [6.45, 7) is -1.34. The SMILES string of the molecule is CN(CC(F)(F)F)c1ccc(N)c(C(F)(F)F)c1. The van der Waals surface area contributed by atoms with Gasteiger partial charge in [0, 0.05) is 18.4 Å². The molecule has 8 heteroatoms. The number of alkyl halides is 6. The van der Waals surface area contributed by atoms with Crippen LogP contribution >= 0.6 is 0 Å². The van der Waals surface area contributed by atoms with Gasteiger partial charge in [-0.2, -0.15) is 26.3 Å². The van der Waals surface area contributed by atoms with Crippen LogP contribution in [0.5, 0.6) is 0 Å². The lowest BCUT2D eigenvalue weighted by molar-refractivity contribution is -0.136. The molecule has 1 rings (SSSR count). The summed E-state index contributed by atoms with van der Waals surface area (Å²) in [6.07, 6.45) is -9.19. The molecule has 0 aliphatic rings. The van der Waals surface area contributed by atoms with E-state index < -0.39 is 30.1 Å². The van der Waals surface area contributed by atoms with Crippen molar-refractivity contribution >= 4 is 11.4 Å². The van der Waals surface area contributed by atoms with Crippen molar-refractivity contribution in [3.05, 3.63) is 23.8 Å². The topological polar surface area (TPSA) is 29.3 Å². The Labute approximate surface area is 99.0 Å². The summed E-state index contributed by atoms with van der Waals surface area (Å²) in [6, 6.07) is 2.64. The second-order valence-electron chi connectivity index (χ2n) is 3.74.